The second-order valence-electron chi connectivity index (χ2n) is 4.82. The molecule has 0 aromatic heterocycles. The molecule has 0 fully saturated rings. The molecular formula is C13H19NO. The monoisotopic (exact) mass is 205 g/mol. The average Bonchev–Trinajstić information content (AvgIpc) is 2.57. The van der Waals surface area contributed by atoms with Crippen LogP contribution in [0.2, 0.25) is 0 Å². The topological polar surface area (TPSA) is 23.5 Å². The van der Waals surface area contributed by atoms with Crippen molar-refractivity contribution in [3.8, 4) is 0 Å². The van der Waals surface area contributed by atoms with Crippen LogP contribution in [0.15, 0.2) is 18.2 Å². The maximum absolute atomic E-state index is 9.07. The number of hydrogen-bond acceptors (Lipinski definition) is 2. The van der Waals surface area contributed by atoms with Crippen LogP contribution in [0.25, 0.3) is 0 Å². The Kier molecular flexibility index (Phi) is 3.08. The van der Waals surface area contributed by atoms with Gasteiger partial charge in [0, 0.05) is 19.6 Å². The number of fused-ring (bicyclic) bond motifs is 1. The Morgan fingerprint density at radius 1 is 1.27 bits per heavy atom. The van der Waals surface area contributed by atoms with E-state index in [0.717, 1.165) is 31.1 Å². The van der Waals surface area contributed by atoms with E-state index in [1.54, 1.807) is 0 Å². The van der Waals surface area contributed by atoms with Crippen molar-refractivity contribution in [2.24, 2.45) is 5.92 Å². The maximum Gasteiger partial charge on any atom is 0.0681 e. The molecule has 0 radical (unpaired) electrons. The van der Waals surface area contributed by atoms with Gasteiger partial charge in [0.2, 0.25) is 0 Å². The second-order valence-corrected chi connectivity index (χ2v) is 4.82. The standard InChI is InChI=1S/C13H19NO/c1-10(2)6-14-7-12-4-3-11(9-15)5-13(12)8-14/h3-5,10,15H,6-9H2,1-2H3. The second kappa shape index (κ2) is 4.33. The summed E-state index contributed by atoms with van der Waals surface area (Å²) in [5.74, 6) is 0.719. The van der Waals surface area contributed by atoms with Gasteiger partial charge in [0.25, 0.3) is 0 Å². The molecule has 1 aliphatic rings. The molecule has 1 aromatic rings. The molecule has 2 heteroatoms. The molecule has 0 saturated heterocycles. The lowest BCUT2D eigenvalue weighted by molar-refractivity contribution is 0.251. The van der Waals surface area contributed by atoms with Crippen LogP contribution >= 0.6 is 0 Å². The lowest BCUT2D eigenvalue weighted by Crippen LogP contribution is -2.21. The Morgan fingerprint density at radius 3 is 2.67 bits per heavy atom. The van der Waals surface area contributed by atoms with E-state index in [2.05, 4.69) is 30.9 Å². The highest BCUT2D eigenvalue weighted by atomic mass is 16.3. The van der Waals surface area contributed by atoms with Crippen LogP contribution in [0.1, 0.15) is 30.5 Å². The number of aliphatic hydroxyl groups excluding tert-OH is 1. The van der Waals surface area contributed by atoms with E-state index in [1.165, 1.54) is 11.1 Å². The summed E-state index contributed by atoms with van der Waals surface area (Å²) in [5.41, 5.74) is 3.84. The summed E-state index contributed by atoms with van der Waals surface area (Å²) in [6.45, 7) is 7.92. The summed E-state index contributed by atoms with van der Waals surface area (Å²) in [7, 11) is 0. The Bertz CT molecular complexity index is 346. The molecule has 0 spiro atoms. The van der Waals surface area contributed by atoms with Crippen molar-refractivity contribution >= 4 is 0 Å². The van der Waals surface area contributed by atoms with Gasteiger partial charge in [-0.2, -0.15) is 0 Å². The Balaban J connectivity index is 2.09. The van der Waals surface area contributed by atoms with Crippen LogP contribution in [-0.4, -0.2) is 16.6 Å². The van der Waals surface area contributed by atoms with Gasteiger partial charge in [0.15, 0.2) is 0 Å². The van der Waals surface area contributed by atoms with Crippen LogP contribution in [0, 0.1) is 5.92 Å². The molecule has 0 atom stereocenters. The zero-order valence-electron chi connectivity index (χ0n) is 9.53. The van der Waals surface area contributed by atoms with Crippen molar-refractivity contribution in [2.45, 2.75) is 33.5 Å². The van der Waals surface area contributed by atoms with Crippen molar-refractivity contribution in [1.82, 2.24) is 4.90 Å². The molecule has 0 saturated carbocycles. The molecule has 2 rings (SSSR count). The van der Waals surface area contributed by atoms with E-state index in [1.807, 2.05) is 6.07 Å². The summed E-state index contributed by atoms with van der Waals surface area (Å²) in [6.07, 6.45) is 0. The van der Waals surface area contributed by atoms with Gasteiger partial charge >= 0.3 is 0 Å². The molecule has 0 bridgehead atoms. The third-order valence-corrected chi connectivity index (χ3v) is 2.86. The lowest BCUT2D eigenvalue weighted by atomic mass is 10.1. The third-order valence-electron chi connectivity index (χ3n) is 2.86. The molecule has 1 heterocycles. The molecule has 0 aliphatic carbocycles. The molecule has 15 heavy (non-hydrogen) atoms. The summed E-state index contributed by atoms with van der Waals surface area (Å²) in [5, 5.41) is 9.07. The van der Waals surface area contributed by atoms with E-state index in [-0.39, 0.29) is 6.61 Å². The van der Waals surface area contributed by atoms with Crippen LogP contribution in [-0.2, 0) is 19.7 Å². The van der Waals surface area contributed by atoms with Crippen molar-refractivity contribution in [3.05, 3.63) is 34.9 Å². The number of benzene rings is 1. The number of nitrogens with zero attached hydrogens (tertiary/aromatic N) is 1. The minimum absolute atomic E-state index is 0.150. The zero-order chi connectivity index (χ0) is 10.8. The molecule has 1 N–H and O–H groups in total. The molecule has 0 unspecified atom stereocenters. The lowest BCUT2D eigenvalue weighted by Gasteiger charge is -2.16. The zero-order valence-corrected chi connectivity index (χ0v) is 9.53. The first-order valence-corrected chi connectivity index (χ1v) is 5.63. The highest BCUT2D eigenvalue weighted by molar-refractivity contribution is 5.34. The predicted octanol–water partition coefficient (Wildman–Crippen LogP) is 2.15. The Labute approximate surface area is 91.5 Å². The average molecular weight is 205 g/mol. The predicted molar refractivity (Wildman–Crippen MR) is 61.3 cm³/mol. The van der Waals surface area contributed by atoms with E-state index >= 15 is 0 Å². The van der Waals surface area contributed by atoms with E-state index in [0.29, 0.717) is 0 Å². The van der Waals surface area contributed by atoms with Gasteiger partial charge in [-0.15, -0.1) is 0 Å². The van der Waals surface area contributed by atoms with Crippen LogP contribution in [0.3, 0.4) is 0 Å². The Morgan fingerprint density at radius 2 is 2.00 bits per heavy atom. The minimum Gasteiger partial charge on any atom is -0.392 e. The fourth-order valence-electron chi connectivity index (χ4n) is 2.26. The summed E-state index contributed by atoms with van der Waals surface area (Å²) in [4.78, 5) is 2.47. The van der Waals surface area contributed by atoms with Gasteiger partial charge in [-0.05, 0) is 22.6 Å². The maximum atomic E-state index is 9.07. The minimum atomic E-state index is 0.150. The molecule has 82 valence electrons. The normalized spacial score (nSPS) is 16.0. The van der Waals surface area contributed by atoms with Gasteiger partial charge in [-0.3, -0.25) is 4.90 Å². The van der Waals surface area contributed by atoms with Gasteiger partial charge in [-0.25, -0.2) is 0 Å². The summed E-state index contributed by atoms with van der Waals surface area (Å²) >= 11 is 0. The fourth-order valence-corrected chi connectivity index (χ4v) is 2.26. The number of hydrogen-bond donors (Lipinski definition) is 1. The first-order valence-electron chi connectivity index (χ1n) is 5.63. The molecule has 1 aliphatic heterocycles. The van der Waals surface area contributed by atoms with Crippen LogP contribution in [0.4, 0.5) is 0 Å². The summed E-state index contributed by atoms with van der Waals surface area (Å²) in [6, 6.07) is 6.31. The Hall–Kier alpha value is -0.860. The first-order chi connectivity index (χ1) is 7.19. The van der Waals surface area contributed by atoms with Crippen LogP contribution in [0.5, 0.6) is 0 Å². The van der Waals surface area contributed by atoms with E-state index < -0.39 is 0 Å². The smallest absolute Gasteiger partial charge is 0.0681 e. The fraction of sp³-hybridized carbons (Fsp3) is 0.538. The highest BCUT2D eigenvalue weighted by Crippen LogP contribution is 2.24. The highest BCUT2D eigenvalue weighted by Gasteiger charge is 2.19. The molecule has 2 nitrogen and oxygen atoms in total. The van der Waals surface area contributed by atoms with Gasteiger partial charge in [-0.1, -0.05) is 32.0 Å². The number of rotatable bonds is 3. The first kappa shape index (κ1) is 10.7. The SMILES string of the molecule is CC(C)CN1Cc2ccc(CO)cc2C1. The molecule has 1 aromatic carbocycles. The largest absolute Gasteiger partial charge is 0.392 e. The van der Waals surface area contributed by atoms with Crippen molar-refractivity contribution in [3.63, 3.8) is 0 Å². The van der Waals surface area contributed by atoms with E-state index in [9.17, 15) is 0 Å². The van der Waals surface area contributed by atoms with Gasteiger partial charge in [0.05, 0.1) is 6.61 Å². The van der Waals surface area contributed by atoms with Gasteiger partial charge < -0.3 is 5.11 Å². The van der Waals surface area contributed by atoms with Crippen molar-refractivity contribution in [1.29, 1.82) is 0 Å². The van der Waals surface area contributed by atoms with Crippen LogP contribution < -0.4 is 0 Å². The van der Waals surface area contributed by atoms with Gasteiger partial charge in [0.1, 0.15) is 0 Å². The molecule has 0 amide bonds. The van der Waals surface area contributed by atoms with E-state index in [4.69, 9.17) is 5.11 Å². The third kappa shape index (κ3) is 2.39. The number of aliphatic hydroxyl groups is 1. The summed E-state index contributed by atoms with van der Waals surface area (Å²) < 4.78 is 0. The van der Waals surface area contributed by atoms with Crippen molar-refractivity contribution in [2.75, 3.05) is 6.54 Å². The quantitative estimate of drug-likeness (QED) is 0.817. The van der Waals surface area contributed by atoms with Crippen molar-refractivity contribution < 1.29 is 5.11 Å². The molecular weight excluding hydrogens is 186 g/mol.